The number of nitrogens with zero attached hydrogens (tertiary/aromatic N) is 1. The first-order valence-electron chi connectivity index (χ1n) is 10.8. The molecule has 0 radical (unpaired) electrons. The van der Waals surface area contributed by atoms with Crippen molar-refractivity contribution in [3.63, 3.8) is 0 Å². The maximum absolute atomic E-state index is 9.98. The molecule has 0 aliphatic carbocycles. The molecule has 5 N–H and O–H groups in total. The van der Waals surface area contributed by atoms with Gasteiger partial charge in [-0.05, 0) is 12.8 Å². The summed E-state index contributed by atoms with van der Waals surface area (Å²) in [6, 6.07) is 0. The van der Waals surface area contributed by atoms with E-state index in [1.54, 1.807) is 0 Å². The Morgan fingerprint density at radius 3 is 1.55 bits per heavy atom. The quantitative estimate of drug-likeness (QED) is 0.171. The summed E-state index contributed by atoms with van der Waals surface area (Å²) in [5.41, 5.74) is 0. The van der Waals surface area contributed by atoms with Crippen molar-refractivity contribution in [2.45, 2.75) is 95.5 Å². The minimum atomic E-state index is -2.31. The van der Waals surface area contributed by atoms with E-state index in [-0.39, 0.29) is 0 Å². The topological polar surface area (TPSA) is 141 Å². The van der Waals surface area contributed by atoms with Gasteiger partial charge in [0.25, 0.3) is 0 Å². The number of hydrogen-bond donors (Lipinski definition) is 5. The van der Waals surface area contributed by atoms with Gasteiger partial charge in [-0.3, -0.25) is 0 Å². The molecule has 0 saturated heterocycles. The van der Waals surface area contributed by atoms with Gasteiger partial charge < -0.3 is 39.9 Å². The summed E-state index contributed by atoms with van der Waals surface area (Å²) in [5, 5.41) is 53.4. The molecule has 176 valence electrons. The molecule has 0 aliphatic rings. The van der Waals surface area contributed by atoms with Crippen molar-refractivity contribution in [3.8, 4) is 0 Å². The number of carboxylic acid groups (broad SMARTS) is 1. The van der Waals surface area contributed by atoms with Gasteiger partial charge in [-0.15, -0.1) is 0 Å². The van der Waals surface area contributed by atoms with Gasteiger partial charge in [-0.1, -0.05) is 58.3 Å². The number of aliphatic carboxylic acids is 1. The molecular weight excluding hydrogens is 378 g/mol. The SMILES string of the molecule is CCCCCCCCCCCC[N+](C)(C)C.O=C([O-])[C@H](O)[C@@H](O)[C@H](O)[C@H](O)CO. The highest BCUT2D eigenvalue weighted by Crippen LogP contribution is 2.11. The standard InChI is InChI=1S/C15H34N.C6H12O7/c1-5-6-7-8-9-10-11-12-13-14-15-16(2,3)4;7-1-2(8)3(9)4(10)5(11)6(12)13/h5-15H2,1-4H3;2-5,7-11H,1H2,(H,12,13)/q+1;/p-1/t;2-,3-,4+,5-/m.1/s1. The van der Waals surface area contributed by atoms with Crippen LogP contribution >= 0.6 is 0 Å². The van der Waals surface area contributed by atoms with Gasteiger partial charge >= 0.3 is 0 Å². The Morgan fingerprint density at radius 1 is 0.793 bits per heavy atom. The van der Waals surface area contributed by atoms with Crippen LogP contribution in [0.2, 0.25) is 0 Å². The third kappa shape index (κ3) is 19.0. The van der Waals surface area contributed by atoms with Gasteiger partial charge in [0.15, 0.2) is 0 Å². The second-order valence-electron chi connectivity index (χ2n) is 8.69. The Labute approximate surface area is 176 Å². The minimum absolute atomic E-state index is 0.863. The lowest BCUT2D eigenvalue weighted by atomic mass is 10.0. The number of quaternary nitrogens is 1. The van der Waals surface area contributed by atoms with Crippen molar-refractivity contribution in [2.24, 2.45) is 0 Å². The third-order valence-corrected chi connectivity index (χ3v) is 4.68. The maximum Gasteiger partial charge on any atom is 0.122 e. The minimum Gasteiger partial charge on any atom is -0.547 e. The molecule has 0 rings (SSSR count). The lowest BCUT2D eigenvalue weighted by molar-refractivity contribution is -0.870. The van der Waals surface area contributed by atoms with Crippen LogP contribution in [0.15, 0.2) is 0 Å². The van der Waals surface area contributed by atoms with E-state index in [0.29, 0.717) is 0 Å². The highest BCUT2D eigenvalue weighted by atomic mass is 16.4. The summed E-state index contributed by atoms with van der Waals surface area (Å²) in [6.45, 7) is 2.75. The summed E-state index contributed by atoms with van der Waals surface area (Å²) < 4.78 is 1.12. The Bertz CT molecular complexity index is 388. The highest BCUT2D eigenvalue weighted by molar-refractivity contribution is 5.70. The lowest BCUT2D eigenvalue weighted by Crippen LogP contribution is -2.52. The van der Waals surface area contributed by atoms with Crippen LogP contribution in [0.1, 0.15) is 71.1 Å². The molecule has 0 aromatic rings. The molecule has 0 unspecified atom stereocenters. The molecule has 0 spiro atoms. The van der Waals surface area contributed by atoms with Gasteiger partial charge in [0.05, 0.1) is 40.3 Å². The van der Waals surface area contributed by atoms with Crippen LogP contribution in [0, 0.1) is 0 Å². The Morgan fingerprint density at radius 2 is 1.21 bits per heavy atom. The summed E-state index contributed by atoms with van der Waals surface area (Å²) in [7, 11) is 6.86. The Balaban J connectivity index is 0. The highest BCUT2D eigenvalue weighted by Gasteiger charge is 2.30. The number of unbranched alkanes of at least 4 members (excludes halogenated alkanes) is 9. The zero-order valence-electron chi connectivity index (χ0n) is 18.8. The monoisotopic (exact) mass is 423 g/mol. The molecular formula is C21H45NO7. The van der Waals surface area contributed by atoms with Crippen LogP contribution in [0.3, 0.4) is 0 Å². The summed E-state index contributed by atoms with van der Waals surface area (Å²) in [4.78, 5) is 9.98. The van der Waals surface area contributed by atoms with E-state index in [1.165, 1.54) is 70.8 Å². The van der Waals surface area contributed by atoms with Crippen LogP contribution in [-0.4, -0.2) is 94.7 Å². The van der Waals surface area contributed by atoms with Gasteiger partial charge in [0, 0.05) is 0 Å². The van der Waals surface area contributed by atoms with Gasteiger partial charge in [0.1, 0.15) is 24.4 Å². The first-order valence-corrected chi connectivity index (χ1v) is 10.8. The predicted molar refractivity (Wildman–Crippen MR) is 111 cm³/mol. The Kier molecular flexibility index (Phi) is 18.9. The van der Waals surface area contributed by atoms with E-state index in [4.69, 9.17) is 25.5 Å². The first kappa shape index (κ1) is 30.4. The Hall–Kier alpha value is -0.770. The van der Waals surface area contributed by atoms with Crippen molar-refractivity contribution in [2.75, 3.05) is 34.3 Å². The summed E-state index contributed by atoms with van der Waals surface area (Å²) in [5.74, 6) is -1.98. The molecule has 0 aromatic heterocycles. The average molecular weight is 424 g/mol. The molecule has 0 aliphatic heterocycles. The summed E-state index contributed by atoms with van der Waals surface area (Å²) in [6.07, 6.45) is 6.33. The lowest BCUT2D eigenvalue weighted by Gasteiger charge is -2.25. The predicted octanol–water partition coefficient (Wildman–Crippen LogP) is -0.214. The van der Waals surface area contributed by atoms with E-state index in [0.717, 1.165) is 4.48 Å². The van der Waals surface area contributed by atoms with E-state index in [2.05, 4.69) is 28.1 Å². The molecule has 8 nitrogen and oxygen atoms in total. The number of carboxylic acids is 1. The van der Waals surface area contributed by atoms with Crippen molar-refractivity contribution in [3.05, 3.63) is 0 Å². The van der Waals surface area contributed by atoms with Crippen LogP contribution in [0.4, 0.5) is 0 Å². The number of aliphatic hydroxyl groups excluding tert-OH is 5. The van der Waals surface area contributed by atoms with Crippen LogP contribution < -0.4 is 5.11 Å². The van der Waals surface area contributed by atoms with Crippen molar-refractivity contribution >= 4 is 5.97 Å². The number of carbonyl (C=O) groups excluding carboxylic acids is 1. The second kappa shape index (κ2) is 18.0. The molecule has 8 heteroatoms. The van der Waals surface area contributed by atoms with Gasteiger partial charge in [-0.2, -0.15) is 0 Å². The first-order chi connectivity index (χ1) is 13.5. The smallest absolute Gasteiger partial charge is 0.122 e. The van der Waals surface area contributed by atoms with Gasteiger partial charge in [0.2, 0.25) is 0 Å². The van der Waals surface area contributed by atoms with E-state index in [9.17, 15) is 9.90 Å². The van der Waals surface area contributed by atoms with Crippen LogP contribution in [-0.2, 0) is 4.79 Å². The van der Waals surface area contributed by atoms with E-state index in [1.807, 2.05) is 0 Å². The largest absolute Gasteiger partial charge is 0.547 e. The molecule has 0 saturated carbocycles. The van der Waals surface area contributed by atoms with Crippen LogP contribution in [0.5, 0.6) is 0 Å². The number of aliphatic hydroxyl groups is 5. The van der Waals surface area contributed by atoms with Crippen molar-refractivity contribution in [1.29, 1.82) is 0 Å². The average Bonchev–Trinajstić information content (AvgIpc) is 2.66. The van der Waals surface area contributed by atoms with Crippen molar-refractivity contribution in [1.82, 2.24) is 0 Å². The number of hydrogen-bond acceptors (Lipinski definition) is 7. The normalized spacial score (nSPS) is 15.8. The van der Waals surface area contributed by atoms with E-state index < -0.39 is 37.0 Å². The van der Waals surface area contributed by atoms with Crippen molar-refractivity contribution < 1.29 is 39.9 Å². The fourth-order valence-electron chi connectivity index (χ4n) is 2.74. The fraction of sp³-hybridized carbons (Fsp3) is 0.952. The molecule has 4 atom stereocenters. The molecule has 0 fully saturated rings. The zero-order valence-corrected chi connectivity index (χ0v) is 18.8. The molecule has 0 bridgehead atoms. The van der Waals surface area contributed by atoms with E-state index >= 15 is 0 Å². The molecule has 29 heavy (non-hydrogen) atoms. The fourth-order valence-corrected chi connectivity index (χ4v) is 2.74. The second-order valence-corrected chi connectivity index (χ2v) is 8.69. The number of rotatable bonds is 16. The third-order valence-electron chi connectivity index (χ3n) is 4.68. The van der Waals surface area contributed by atoms with Crippen LogP contribution in [0.25, 0.3) is 0 Å². The summed E-state index contributed by atoms with van der Waals surface area (Å²) >= 11 is 0. The maximum atomic E-state index is 9.98. The number of carbonyl (C=O) groups is 1. The molecule has 0 aromatic carbocycles. The molecule has 0 amide bonds. The van der Waals surface area contributed by atoms with Gasteiger partial charge in [-0.25, -0.2) is 0 Å². The zero-order chi connectivity index (χ0) is 22.9. The molecule has 0 heterocycles.